The van der Waals surface area contributed by atoms with Gasteiger partial charge < -0.3 is 4.90 Å². The normalized spacial score (nSPS) is 18.4. The molecule has 6 heteroatoms. The second-order valence-corrected chi connectivity index (χ2v) is 6.67. The van der Waals surface area contributed by atoms with Crippen molar-refractivity contribution in [2.45, 2.75) is 46.6 Å². The average Bonchev–Trinajstić information content (AvgIpc) is 3.05. The van der Waals surface area contributed by atoms with Crippen molar-refractivity contribution in [1.82, 2.24) is 24.9 Å². The van der Waals surface area contributed by atoms with Crippen LogP contribution in [0, 0.1) is 26.7 Å². The quantitative estimate of drug-likeness (QED) is 0.938. The molecule has 1 fully saturated rings. The third-order valence-corrected chi connectivity index (χ3v) is 4.69. The van der Waals surface area contributed by atoms with Crippen LogP contribution in [0.2, 0.25) is 0 Å². The van der Waals surface area contributed by atoms with E-state index < -0.39 is 0 Å². The number of H-pyrrole nitrogens is 1. The number of amides is 1. The van der Waals surface area contributed by atoms with Gasteiger partial charge >= 0.3 is 0 Å². The summed E-state index contributed by atoms with van der Waals surface area (Å²) in [6, 6.07) is 2.01. The summed E-state index contributed by atoms with van der Waals surface area (Å²) >= 11 is 0. The summed E-state index contributed by atoms with van der Waals surface area (Å²) in [5.74, 6) is 0.675. The zero-order valence-corrected chi connectivity index (χ0v) is 14.2. The van der Waals surface area contributed by atoms with Crippen molar-refractivity contribution in [1.29, 1.82) is 0 Å². The number of aromatic amines is 1. The largest absolute Gasteiger partial charge is 0.341 e. The Hall–Kier alpha value is -2.11. The number of rotatable bonds is 4. The van der Waals surface area contributed by atoms with Crippen molar-refractivity contribution in [3.8, 4) is 0 Å². The summed E-state index contributed by atoms with van der Waals surface area (Å²) in [5.41, 5.74) is 4.40. The number of carbonyl (C=O) groups is 1. The second kappa shape index (κ2) is 6.56. The topological polar surface area (TPSA) is 66.8 Å². The van der Waals surface area contributed by atoms with E-state index in [1.807, 2.05) is 31.0 Å². The van der Waals surface area contributed by atoms with E-state index in [-0.39, 0.29) is 5.91 Å². The molecule has 0 bridgehead atoms. The highest BCUT2D eigenvalue weighted by Gasteiger charge is 2.25. The highest BCUT2D eigenvalue weighted by Crippen LogP contribution is 2.21. The van der Waals surface area contributed by atoms with Crippen LogP contribution in [0.5, 0.6) is 0 Å². The van der Waals surface area contributed by atoms with Gasteiger partial charge in [-0.1, -0.05) is 0 Å². The van der Waals surface area contributed by atoms with Crippen molar-refractivity contribution in [3.63, 3.8) is 0 Å². The molecular weight excluding hydrogens is 290 g/mol. The summed E-state index contributed by atoms with van der Waals surface area (Å²) in [5, 5.41) is 11.6. The number of aryl methyl sites for hydroxylation is 3. The Kier molecular flexibility index (Phi) is 4.50. The minimum absolute atomic E-state index is 0.169. The molecular formula is C17H25N5O. The number of piperidine rings is 1. The maximum atomic E-state index is 12.6. The summed E-state index contributed by atoms with van der Waals surface area (Å²) in [4.78, 5) is 14.6. The molecule has 0 saturated carbocycles. The monoisotopic (exact) mass is 315 g/mol. The highest BCUT2D eigenvalue weighted by molar-refractivity contribution is 5.76. The van der Waals surface area contributed by atoms with E-state index in [4.69, 9.17) is 0 Å². The van der Waals surface area contributed by atoms with Gasteiger partial charge in [-0.2, -0.15) is 10.2 Å². The molecule has 2 aromatic heterocycles. The lowest BCUT2D eigenvalue weighted by Crippen LogP contribution is -2.42. The fourth-order valence-corrected chi connectivity index (χ4v) is 3.39. The van der Waals surface area contributed by atoms with Gasteiger partial charge in [-0.05, 0) is 57.6 Å². The predicted molar refractivity (Wildman–Crippen MR) is 88.0 cm³/mol. The average molecular weight is 315 g/mol. The Morgan fingerprint density at radius 1 is 1.39 bits per heavy atom. The van der Waals surface area contributed by atoms with Gasteiger partial charge in [0.1, 0.15) is 6.54 Å². The Labute approximate surface area is 136 Å². The smallest absolute Gasteiger partial charge is 0.244 e. The molecule has 1 unspecified atom stereocenters. The lowest BCUT2D eigenvalue weighted by Gasteiger charge is -2.33. The summed E-state index contributed by atoms with van der Waals surface area (Å²) in [6.45, 7) is 8.06. The maximum Gasteiger partial charge on any atom is 0.244 e. The van der Waals surface area contributed by atoms with Crippen LogP contribution in [0.15, 0.2) is 12.3 Å². The molecule has 1 aliphatic rings. The Morgan fingerprint density at radius 3 is 2.87 bits per heavy atom. The third kappa shape index (κ3) is 3.63. The highest BCUT2D eigenvalue weighted by atomic mass is 16.2. The van der Waals surface area contributed by atoms with E-state index >= 15 is 0 Å². The lowest BCUT2D eigenvalue weighted by molar-refractivity contribution is -0.133. The molecule has 23 heavy (non-hydrogen) atoms. The van der Waals surface area contributed by atoms with Gasteiger partial charge in [0.05, 0.1) is 11.9 Å². The fourth-order valence-electron chi connectivity index (χ4n) is 3.39. The first-order chi connectivity index (χ1) is 11.0. The zero-order chi connectivity index (χ0) is 16.4. The number of nitrogens with one attached hydrogen (secondary N) is 1. The molecule has 124 valence electrons. The molecule has 3 rings (SSSR count). The lowest BCUT2D eigenvalue weighted by atomic mass is 9.92. The summed E-state index contributed by atoms with van der Waals surface area (Å²) < 4.78 is 1.81. The van der Waals surface area contributed by atoms with Crippen molar-refractivity contribution in [2.75, 3.05) is 13.1 Å². The second-order valence-electron chi connectivity index (χ2n) is 6.67. The fraction of sp³-hybridized carbons (Fsp3) is 0.588. The van der Waals surface area contributed by atoms with E-state index in [0.29, 0.717) is 12.5 Å². The predicted octanol–water partition coefficient (Wildman–Crippen LogP) is 2.01. The number of aromatic nitrogens is 4. The molecule has 3 heterocycles. The maximum absolute atomic E-state index is 12.6. The van der Waals surface area contributed by atoms with Gasteiger partial charge in [0.2, 0.25) is 5.91 Å². The zero-order valence-electron chi connectivity index (χ0n) is 14.2. The first-order valence-electron chi connectivity index (χ1n) is 8.30. The molecule has 0 spiro atoms. The van der Waals surface area contributed by atoms with Crippen molar-refractivity contribution >= 4 is 5.91 Å². The van der Waals surface area contributed by atoms with Gasteiger partial charge in [-0.25, -0.2) is 0 Å². The first-order valence-corrected chi connectivity index (χ1v) is 8.30. The van der Waals surface area contributed by atoms with Crippen LogP contribution in [0.3, 0.4) is 0 Å². The SMILES string of the molecule is Cc1cc(C)n(CC(=O)N2CCCC(Cc3[nH]ncc3C)C2)n1. The van der Waals surface area contributed by atoms with E-state index in [0.717, 1.165) is 37.3 Å². The Bertz CT molecular complexity index is 687. The Morgan fingerprint density at radius 2 is 2.22 bits per heavy atom. The standard InChI is InChI=1S/C17H25N5O/c1-12-9-18-19-16(12)8-15-5-4-6-21(10-15)17(23)11-22-14(3)7-13(2)20-22/h7,9,15H,4-6,8,10-11H2,1-3H3,(H,18,19). The molecule has 0 aromatic carbocycles. The Balaban J connectivity index is 1.60. The number of likely N-dealkylation sites (tertiary alicyclic amines) is 1. The van der Waals surface area contributed by atoms with E-state index in [2.05, 4.69) is 22.2 Å². The third-order valence-electron chi connectivity index (χ3n) is 4.69. The number of nitrogens with zero attached hydrogens (tertiary/aromatic N) is 4. The van der Waals surface area contributed by atoms with Crippen molar-refractivity contribution < 1.29 is 4.79 Å². The van der Waals surface area contributed by atoms with Crippen LogP contribution < -0.4 is 0 Å². The molecule has 1 amide bonds. The molecule has 0 aliphatic carbocycles. The van der Waals surface area contributed by atoms with E-state index in [1.165, 1.54) is 17.7 Å². The molecule has 1 saturated heterocycles. The molecule has 0 radical (unpaired) electrons. The molecule has 1 N–H and O–H groups in total. The van der Waals surface area contributed by atoms with Crippen molar-refractivity contribution in [2.24, 2.45) is 5.92 Å². The summed E-state index contributed by atoms with van der Waals surface area (Å²) in [7, 11) is 0. The van der Waals surface area contributed by atoms with Gasteiger partial charge in [0, 0.05) is 24.5 Å². The van der Waals surface area contributed by atoms with E-state index in [1.54, 1.807) is 4.68 Å². The van der Waals surface area contributed by atoms with Crippen LogP contribution >= 0.6 is 0 Å². The molecule has 1 aliphatic heterocycles. The minimum Gasteiger partial charge on any atom is -0.341 e. The van der Waals surface area contributed by atoms with Gasteiger partial charge in [-0.3, -0.25) is 14.6 Å². The van der Waals surface area contributed by atoms with Gasteiger partial charge in [0.25, 0.3) is 0 Å². The van der Waals surface area contributed by atoms with Crippen LogP contribution in [-0.2, 0) is 17.8 Å². The van der Waals surface area contributed by atoms with Crippen molar-refractivity contribution in [3.05, 3.63) is 34.9 Å². The molecule has 1 atom stereocenters. The van der Waals surface area contributed by atoms with Crippen LogP contribution in [0.25, 0.3) is 0 Å². The van der Waals surface area contributed by atoms with Gasteiger partial charge in [0.15, 0.2) is 0 Å². The first kappa shape index (κ1) is 15.8. The van der Waals surface area contributed by atoms with Crippen LogP contribution in [0.1, 0.15) is 35.5 Å². The number of hydrogen-bond acceptors (Lipinski definition) is 3. The number of hydrogen-bond donors (Lipinski definition) is 1. The number of carbonyl (C=O) groups excluding carboxylic acids is 1. The van der Waals surface area contributed by atoms with Gasteiger partial charge in [-0.15, -0.1) is 0 Å². The van der Waals surface area contributed by atoms with Crippen LogP contribution in [-0.4, -0.2) is 43.9 Å². The minimum atomic E-state index is 0.169. The molecule has 6 nitrogen and oxygen atoms in total. The summed E-state index contributed by atoms with van der Waals surface area (Å²) in [6.07, 6.45) is 5.07. The molecule has 2 aromatic rings. The van der Waals surface area contributed by atoms with Crippen LogP contribution in [0.4, 0.5) is 0 Å². The van der Waals surface area contributed by atoms with E-state index in [9.17, 15) is 4.79 Å².